The monoisotopic (exact) mass is 343 g/mol. The van der Waals surface area contributed by atoms with Gasteiger partial charge >= 0.3 is 5.97 Å². The van der Waals surface area contributed by atoms with Crippen LogP contribution in [0.15, 0.2) is 4.47 Å². The highest BCUT2D eigenvalue weighted by Crippen LogP contribution is 2.32. The van der Waals surface area contributed by atoms with Crippen molar-refractivity contribution < 1.29 is 9.90 Å². The van der Waals surface area contributed by atoms with Crippen LogP contribution in [0, 0.1) is 0 Å². The number of carboxylic acid groups (broad SMARTS) is 1. The fourth-order valence-corrected chi connectivity index (χ4v) is 3.59. The van der Waals surface area contributed by atoms with Crippen LogP contribution in [0.25, 0.3) is 0 Å². The van der Waals surface area contributed by atoms with E-state index in [4.69, 9.17) is 0 Å². The van der Waals surface area contributed by atoms with Crippen molar-refractivity contribution in [3.05, 3.63) is 15.9 Å². The van der Waals surface area contributed by atoms with Crippen molar-refractivity contribution in [1.29, 1.82) is 0 Å². The van der Waals surface area contributed by atoms with Gasteiger partial charge in [0, 0.05) is 13.6 Å². The molecule has 1 unspecified atom stereocenters. The molecule has 1 aliphatic rings. The zero-order valence-corrected chi connectivity index (χ0v) is 13.9. The summed E-state index contributed by atoms with van der Waals surface area (Å²) in [6.45, 7) is 5.34. The number of hydrogen-bond donors (Lipinski definition) is 1. The maximum atomic E-state index is 11.6. The zero-order chi connectivity index (χ0) is 14.9. The Morgan fingerprint density at radius 1 is 1.50 bits per heavy atom. The van der Waals surface area contributed by atoms with Gasteiger partial charge in [0.05, 0.1) is 15.9 Å². The SMILES string of the molecule is CCc1nn(C)c(CN2CCCCC2(C)C(=O)O)c1Br. The van der Waals surface area contributed by atoms with E-state index in [9.17, 15) is 9.90 Å². The van der Waals surface area contributed by atoms with Crippen LogP contribution in [0.2, 0.25) is 0 Å². The number of aryl methyl sites for hydroxylation is 2. The minimum Gasteiger partial charge on any atom is -0.480 e. The Morgan fingerprint density at radius 2 is 2.20 bits per heavy atom. The average Bonchev–Trinajstić information content (AvgIpc) is 2.68. The Labute approximate surface area is 128 Å². The largest absolute Gasteiger partial charge is 0.480 e. The summed E-state index contributed by atoms with van der Waals surface area (Å²) in [5.41, 5.74) is 1.31. The van der Waals surface area contributed by atoms with E-state index in [2.05, 4.69) is 32.9 Å². The molecule has 6 heteroatoms. The van der Waals surface area contributed by atoms with Crippen molar-refractivity contribution in [3.8, 4) is 0 Å². The molecule has 1 N–H and O–H groups in total. The first-order valence-corrected chi connectivity index (χ1v) is 7.88. The standard InChI is InChI=1S/C14H22BrN3O2/c1-4-10-12(15)11(17(3)16-10)9-18-8-6-5-7-14(18,2)13(19)20/h4-9H2,1-3H3,(H,19,20). The summed E-state index contributed by atoms with van der Waals surface area (Å²) in [7, 11) is 1.92. The Morgan fingerprint density at radius 3 is 2.75 bits per heavy atom. The lowest BCUT2D eigenvalue weighted by molar-refractivity contribution is -0.153. The molecule has 0 spiro atoms. The number of nitrogens with zero attached hydrogens (tertiary/aromatic N) is 3. The fraction of sp³-hybridized carbons (Fsp3) is 0.714. The molecule has 1 atom stereocenters. The van der Waals surface area contributed by atoms with Crippen LogP contribution in [-0.4, -0.2) is 37.8 Å². The van der Waals surface area contributed by atoms with Crippen molar-refractivity contribution in [2.75, 3.05) is 6.54 Å². The number of aliphatic carboxylic acids is 1. The van der Waals surface area contributed by atoms with Crippen LogP contribution < -0.4 is 0 Å². The van der Waals surface area contributed by atoms with Crippen molar-refractivity contribution in [3.63, 3.8) is 0 Å². The molecule has 1 aromatic rings. The van der Waals surface area contributed by atoms with Crippen LogP contribution >= 0.6 is 15.9 Å². The summed E-state index contributed by atoms with van der Waals surface area (Å²) >= 11 is 3.61. The third-order valence-electron chi connectivity index (χ3n) is 4.34. The van der Waals surface area contributed by atoms with Crippen molar-refractivity contribution in [2.45, 2.75) is 51.6 Å². The van der Waals surface area contributed by atoms with E-state index < -0.39 is 11.5 Å². The normalized spacial score (nSPS) is 24.0. The summed E-state index contributed by atoms with van der Waals surface area (Å²) in [6, 6.07) is 0. The molecular weight excluding hydrogens is 322 g/mol. The van der Waals surface area contributed by atoms with Gasteiger partial charge in [-0.2, -0.15) is 5.10 Å². The molecule has 1 saturated heterocycles. The smallest absolute Gasteiger partial charge is 0.323 e. The molecule has 112 valence electrons. The zero-order valence-electron chi connectivity index (χ0n) is 12.3. The highest BCUT2D eigenvalue weighted by atomic mass is 79.9. The van der Waals surface area contributed by atoms with Crippen LogP contribution in [0.5, 0.6) is 0 Å². The summed E-state index contributed by atoms with van der Waals surface area (Å²) in [5.74, 6) is -0.730. The quantitative estimate of drug-likeness (QED) is 0.912. The Hall–Kier alpha value is -0.880. The Kier molecular flexibility index (Phi) is 4.54. The summed E-state index contributed by atoms with van der Waals surface area (Å²) < 4.78 is 2.88. The van der Waals surface area contributed by atoms with Gasteiger partial charge in [-0.25, -0.2) is 0 Å². The van der Waals surface area contributed by atoms with Crippen LogP contribution in [0.1, 0.15) is 44.5 Å². The minimum absolute atomic E-state index is 0.618. The van der Waals surface area contributed by atoms with Crippen LogP contribution in [0.4, 0.5) is 0 Å². The molecule has 0 aromatic carbocycles. The highest BCUT2D eigenvalue weighted by Gasteiger charge is 2.41. The van der Waals surface area contributed by atoms with Crippen LogP contribution in [0.3, 0.4) is 0 Å². The second-order valence-electron chi connectivity index (χ2n) is 5.64. The van der Waals surface area contributed by atoms with Gasteiger partial charge < -0.3 is 5.11 Å². The summed E-state index contributed by atoms with van der Waals surface area (Å²) in [6.07, 6.45) is 3.61. The van der Waals surface area contributed by atoms with E-state index in [1.807, 2.05) is 18.7 Å². The lowest BCUT2D eigenvalue weighted by atomic mass is 9.88. The number of carbonyl (C=O) groups is 1. The summed E-state index contributed by atoms with van der Waals surface area (Å²) in [5, 5.41) is 14.0. The molecule has 0 aliphatic carbocycles. The number of piperidine rings is 1. The predicted octanol–water partition coefficient (Wildman–Crippen LogP) is 2.57. The van der Waals surface area contributed by atoms with Gasteiger partial charge in [-0.1, -0.05) is 6.92 Å². The molecule has 20 heavy (non-hydrogen) atoms. The number of aromatic nitrogens is 2. The molecule has 2 rings (SSSR count). The van der Waals surface area contributed by atoms with E-state index in [-0.39, 0.29) is 0 Å². The van der Waals surface area contributed by atoms with Crippen molar-refractivity contribution in [1.82, 2.24) is 14.7 Å². The third kappa shape index (κ3) is 2.63. The fourth-order valence-electron chi connectivity index (χ4n) is 2.84. The number of carboxylic acids is 1. The number of hydrogen-bond acceptors (Lipinski definition) is 3. The Bertz CT molecular complexity index is 515. The van der Waals surface area contributed by atoms with Gasteiger partial charge in [0.25, 0.3) is 0 Å². The third-order valence-corrected chi connectivity index (χ3v) is 5.26. The number of halogens is 1. The topological polar surface area (TPSA) is 58.4 Å². The molecule has 5 nitrogen and oxygen atoms in total. The van der Waals surface area contributed by atoms with Crippen LogP contribution in [-0.2, 0) is 24.8 Å². The van der Waals surface area contributed by atoms with E-state index in [0.717, 1.165) is 41.7 Å². The van der Waals surface area contributed by atoms with E-state index in [0.29, 0.717) is 13.0 Å². The predicted molar refractivity (Wildman–Crippen MR) is 80.6 cm³/mol. The lowest BCUT2D eigenvalue weighted by Gasteiger charge is -2.41. The molecule has 0 radical (unpaired) electrons. The molecule has 0 bridgehead atoms. The molecule has 1 aliphatic heterocycles. The lowest BCUT2D eigenvalue weighted by Crippen LogP contribution is -2.54. The second kappa shape index (κ2) is 5.85. The van der Waals surface area contributed by atoms with Gasteiger partial charge in [-0.05, 0) is 55.1 Å². The van der Waals surface area contributed by atoms with Crippen molar-refractivity contribution in [2.24, 2.45) is 7.05 Å². The first-order chi connectivity index (χ1) is 9.40. The number of likely N-dealkylation sites (tertiary alicyclic amines) is 1. The van der Waals surface area contributed by atoms with Gasteiger partial charge in [0.15, 0.2) is 0 Å². The van der Waals surface area contributed by atoms with E-state index in [1.54, 1.807) is 0 Å². The van der Waals surface area contributed by atoms with Gasteiger partial charge in [-0.15, -0.1) is 0 Å². The second-order valence-corrected chi connectivity index (χ2v) is 6.44. The molecular formula is C14H22BrN3O2. The molecule has 0 saturated carbocycles. The van der Waals surface area contributed by atoms with Gasteiger partial charge in [-0.3, -0.25) is 14.4 Å². The van der Waals surface area contributed by atoms with E-state index in [1.165, 1.54) is 0 Å². The summed E-state index contributed by atoms with van der Waals surface area (Å²) in [4.78, 5) is 13.7. The molecule has 2 heterocycles. The van der Waals surface area contributed by atoms with Gasteiger partial charge in [0.2, 0.25) is 0 Å². The molecule has 1 aromatic heterocycles. The van der Waals surface area contributed by atoms with Crippen molar-refractivity contribution >= 4 is 21.9 Å². The van der Waals surface area contributed by atoms with E-state index >= 15 is 0 Å². The molecule has 0 amide bonds. The number of rotatable bonds is 4. The first-order valence-electron chi connectivity index (χ1n) is 7.08. The maximum Gasteiger partial charge on any atom is 0.323 e. The minimum atomic E-state index is -0.770. The first kappa shape index (κ1) is 15.5. The van der Waals surface area contributed by atoms with Gasteiger partial charge in [0.1, 0.15) is 5.54 Å². The molecule has 1 fully saturated rings. The Balaban J connectivity index is 2.28. The average molecular weight is 344 g/mol. The highest BCUT2D eigenvalue weighted by molar-refractivity contribution is 9.10. The maximum absolute atomic E-state index is 11.6.